The Balaban J connectivity index is 1.73. The van der Waals surface area contributed by atoms with Gasteiger partial charge in [-0.15, -0.1) is 0 Å². The zero-order valence-corrected chi connectivity index (χ0v) is 14.4. The van der Waals surface area contributed by atoms with Crippen LogP contribution >= 0.6 is 11.3 Å². The molecule has 0 aliphatic heterocycles. The monoisotopic (exact) mass is 358 g/mol. The molecule has 2 rings (SSSR count). The first-order chi connectivity index (χ1) is 12.0. The summed E-state index contributed by atoms with van der Waals surface area (Å²) in [6.07, 6.45) is 1.75. The number of amides is 3. The number of nitrogens with one attached hydrogen (secondary N) is 2. The van der Waals surface area contributed by atoms with Gasteiger partial charge in [-0.25, -0.2) is 9.59 Å². The maximum absolute atomic E-state index is 11.9. The normalized spacial score (nSPS) is 11.7. The Morgan fingerprint density at radius 3 is 2.64 bits per heavy atom. The van der Waals surface area contributed by atoms with Gasteiger partial charge in [0.2, 0.25) is 0 Å². The molecular formula is C18H18N2O4S. The molecule has 0 bridgehead atoms. The van der Waals surface area contributed by atoms with Gasteiger partial charge in [0.15, 0.2) is 6.10 Å². The summed E-state index contributed by atoms with van der Waals surface area (Å²) in [5, 5.41) is 8.45. The Hall–Kier alpha value is -2.93. The number of benzene rings is 1. The van der Waals surface area contributed by atoms with Gasteiger partial charge in [0.1, 0.15) is 0 Å². The molecule has 0 spiro atoms. The SMILES string of the molecule is C[C@@H](OC(=O)/C=C/c1ccsc1)C(=O)NC(=O)NCc1ccccc1. The Kier molecular flexibility index (Phi) is 6.91. The summed E-state index contributed by atoms with van der Waals surface area (Å²) in [6, 6.07) is 10.5. The van der Waals surface area contributed by atoms with Crippen molar-refractivity contribution in [2.24, 2.45) is 0 Å². The standard InChI is InChI=1S/C18H18N2O4S/c1-13(24-16(21)8-7-15-9-10-25-12-15)17(22)20-18(23)19-11-14-5-3-2-4-6-14/h2-10,12-13H,11H2,1H3,(H2,19,20,22,23)/b8-7+/t13-/m1/s1. The molecule has 1 heterocycles. The van der Waals surface area contributed by atoms with E-state index in [1.807, 2.05) is 47.2 Å². The highest BCUT2D eigenvalue weighted by atomic mass is 32.1. The van der Waals surface area contributed by atoms with E-state index < -0.39 is 24.0 Å². The number of imide groups is 1. The summed E-state index contributed by atoms with van der Waals surface area (Å²) in [7, 11) is 0. The molecule has 2 aromatic rings. The van der Waals surface area contributed by atoms with Crippen LogP contribution in [0.4, 0.5) is 4.79 Å². The van der Waals surface area contributed by atoms with Crippen LogP contribution in [0.5, 0.6) is 0 Å². The van der Waals surface area contributed by atoms with E-state index in [-0.39, 0.29) is 6.54 Å². The van der Waals surface area contributed by atoms with Crippen LogP contribution < -0.4 is 10.6 Å². The Morgan fingerprint density at radius 2 is 1.96 bits per heavy atom. The van der Waals surface area contributed by atoms with Crippen molar-refractivity contribution in [3.05, 3.63) is 64.4 Å². The molecule has 130 valence electrons. The van der Waals surface area contributed by atoms with Gasteiger partial charge in [-0.3, -0.25) is 10.1 Å². The molecule has 25 heavy (non-hydrogen) atoms. The molecule has 2 N–H and O–H groups in total. The van der Waals surface area contributed by atoms with Crippen molar-refractivity contribution in [1.29, 1.82) is 0 Å². The molecule has 1 atom stereocenters. The summed E-state index contributed by atoms with van der Waals surface area (Å²) in [6.45, 7) is 1.69. The van der Waals surface area contributed by atoms with Gasteiger partial charge >= 0.3 is 12.0 Å². The van der Waals surface area contributed by atoms with Crippen LogP contribution in [0.25, 0.3) is 6.08 Å². The van der Waals surface area contributed by atoms with E-state index in [0.717, 1.165) is 11.1 Å². The lowest BCUT2D eigenvalue weighted by Gasteiger charge is -2.12. The molecule has 7 heteroatoms. The fourth-order valence-corrected chi connectivity index (χ4v) is 2.47. The van der Waals surface area contributed by atoms with E-state index in [9.17, 15) is 14.4 Å². The topological polar surface area (TPSA) is 84.5 Å². The average molecular weight is 358 g/mol. The fraction of sp³-hybridized carbons (Fsp3) is 0.167. The van der Waals surface area contributed by atoms with Gasteiger partial charge in [0.05, 0.1) is 0 Å². The van der Waals surface area contributed by atoms with Crippen molar-refractivity contribution in [1.82, 2.24) is 10.6 Å². The fourth-order valence-electron chi connectivity index (χ4n) is 1.84. The van der Waals surface area contributed by atoms with Crippen LogP contribution in [0.15, 0.2) is 53.2 Å². The number of ether oxygens (including phenoxy) is 1. The molecule has 1 aromatic carbocycles. The largest absolute Gasteiger partial charge is 0.449 e. The van der Waals surface area contributed by atoms with E-state index in [1.54, 1.807) is 6.08 Å². The van der Waals surface area contributed by atoms with E-state index in [1.165, 1.54) is 24.3 Å². The Morgan fingerprint density at radius 1 is 1.20 bits per heavy atom. The molecule has 3 amide bonds. The first-order valence-corrected chi connectivity index (χ1v) is 8.52. The molecule has 1 aromatic heterocycles. The van der Waals surface area contributed by atoms with Crippen LogP contribution in [-0.4, -0.2) is 24.0 Å². The van der Waals surface area contributed by atoms with Crippen molar-refractivity contribution in [2.75, 3.05) is 0 Å². The van der Waals surface area contributed by atoms with Gasteiger partial charge in [0.25, 0.3) is 5.91 Å². The minimum Gasteiger partial charge on any atom is -0.449 e. The van der Waals surface area contributed by atoms with Crippen molar-refractivity contribution in [2.45, 2.75) is 19.6 Å². The van der Waals surface area contributed by atoms with Gasteiger partial charge in [-0.2, -0.15) is 11.3 Å². The predicted molar refractivity (Wildman–Crippen MR) is 95.7 cm³/mol. The van der Waals surface area contributed by atoms with Gasteiger partial charge in [-0.1, -0.05) is 30.3 Å². The number of rotatable bonds is 6. The van der Waals surface area contributed by atoms with Crippen LogP contribution in [0, 0.1) is 0 Å². The minimum atomic E-state index is -1.08. The number of carbonyl (C=O) groups excluding carboxylic acids is 3. The van der Waals surface area contributed by atoms with Crippen molar-refractivity contribution in [3.8, 4) is 0 Å². The van der Waals surface area contributed by atoms with Crippen LogP contribution in [-0.2, 0) is 20.9 Å². The molecular weight excluding hydrogens is 340 g/mol. The summed E-state index contributed by atoms with van der Waals surface area (Å²) < 4.78 is 4.96. The Bertz CT molecular complexity index is 742. The second-order valence-electron chi connectivity index (χ2n) is 5.13. The summed E-state index contributed by atoms with van der Waals surface area (Å²) in [4.78, 5) is 35.2. The quantitative estimate of drug-likeness (QED) is 0.614. The minimum absolute atomic E-state index is 0.289. The Labute approximate surface area is 149 Å². The number of thiophene rings is 1. The zero-order chi connectivity index (χ0) is 18.1. The van der Waals surface area contributed by atoms with Crippen LogP contribution in [0.2, 0.25) is 0 Å². The third-order valence-corrected chi connectivity index (χ3v) is 3.85. The lowest BCUT2D eigenvalue weighted by molar-refractivity contribution is -0.149. The van der Waals surface area contributed by atoms with Gasteiger partial charge in [0, 0.05) is 12.6 Å². The predicted octanol–water partition coefficient (Wildman–Crippen LogP) is 2.72. The smallest absolute Gasteiger partial charge is 0.331 e. The second-order valence-corrected chi connectivity index (χ2v) is 5.91. The van der Waals surface area contributed by atoms with Crippen molar-refractivity contribution < 1.29 is 19.1 Å². The van der Waals surface area contributed by atoms with Crippen LogP contribution in [0.1, 0.15) is 18.1 Å². The van der Waals surface area contributed by atoms with Crippen molar-refractivity contribution >= 4 is 35.3 Å². The van der Waals surface area contributed by atoms with Gasteiger partial charge in [-0.05, 0) is 41.0 Å². The highest BCUT2D eigenvalue weighted by Gasteiger charge is 2.18. The number of hydrogen-bond acceptors (Lipinski definition) is 5. The maximum Gasteiger partial charge on any atom is 0.331 e. The maximum atomic E-state index is 11.9. The third-order valence-electron chi connectivity index (χ3n) is 3.15. The molecule has 0 saturated carbocycles. The zero-order valence-electron chi connectivity index (χ0n) is 13.6. The first-order valence-electron chi connectivity index (χ1n) is 7.58. The van der Waals surface area contributed by atoms with E-state index in [0.29, 0.717) is 0 Å². The molecule has 0 saturated heterocycles. The highest BCUT2D eigenvalue weighted by molar-refractivity contribution is 7.08. The molecule has 0 unspecified atom stereocenters. The molecule has 0 fully saturated rings. The molecule has 0 aliphatic carbocycles. The number of urea groups is 1. The number of carbonyl (C=O) groups is 3. The summed E-state index contributed by atoms with van der Waals surface area (Å²) >= 11 is 1.51. The molecule has 0 radical (unpaired) electrons. The number of hydrogen-bond donors (Lipinski definition) is 2. The lowest BCUT2D eigenvalue weighted by Crippen LogP contribution is -2.44. The summed E-state index contributed by atoms with van der Waals surface area (Å²) in [5.41, 5.74) is 1.78. The lowest BCUT2D eigenvalue weighted by atomic mass is 10.2. The van der Waals surface area contributed by atoms with Crippen molar-refractivity contribution in [3.63, 3.8) is 0 Å². The first kappa shape index (κ1) is 18.4. The summed E-state index contributed by atoms with van der Waals surface area (Å²) in [5.74, 6) is -1.35. The highest BCUT2D eigenvalue weighted by Crippen LogP contribution is 2.08. The molecule has 0 aliphatic rings. The van der Waals surface area contributed by atoms with E-state index >= 15 is 0 Å². The van der Waals surface area contributed by atoms with E-state index in [2.05, 4.69) is 10.6 Å². The van der Waals surface area contributed by atoms with E-state index in [4.69, 9.17) is 4.74 Å². The third kappa shape index (κ3) is 6.60. The van der Waals surface area contributed by atoms with Crippen LogP contribution in [0.3, 0.4) is 0 Å². The second kappa shape index (κ2) is 9.39. The van der Waals surface area contributed by atoms with Gasteiger partial charge < -0.3 is 10.1 Å². The average Bonchev–Trinajstić information content (AvgIpc) is 3.12. The molecule has 6 nitrogen and oxygen atoms in total. The number of esters is 1.